The number of aromatic amines is 1. The normalized spacial score (nSPS) is 23.2. The molecular weight excluding hydrogens is 462 g/mol. The number of carbonyl (C=O) groups is 1. The first-order chi connectivity index (χ1) is 18.0. The quantitative estimate of drug-likeness (QED) is 0.433. The van der Waals surface area contributed by atoms with Gasteiger partial charge in [-0.1, -0.05) is 24.3 Å². The van der Waals surface area contributed by atoms with Crippen molar-refractivity contribution < 1.29 is 9.53 Å². The number of carbonyl (C=O) groups excluding carboxylic acids is 1. The predicted molar refractivity (Wildman–Crippen MR) is 146 cm³/mol. The molecule has 7 nitrogen and oxygen atoms in total. The number of anilines is 2. The second kappa shape index (κ2) is 8.35. The lowest BCUT2D eigenvalue weighted by atomic mass is 9.86. The molecule has 2 aliphatic heterocycles. The van der Waals surface area contributed by atoms with Crippen LogP contribution in [0.1, 0.15) is 23.5 Å². The summed E-state index contributed by atoms with van der Waals surface area (Å²) in [6, 6.07) is 21.1. The van der Waals surface area contributed by atoms with Crippen molar-refractivity contribution in [2.45, 2.75) is 18.8 Å². The number of fused-ring (bicyclic) bond motifs is 2. The Morgan fingerprint density at radius 2 is 1.81 bits per heavy atom. The van der Waals surface area contributed by atoms with Crippen LogP contribution in [-0.4, -0.2) is 61.3 Å². The van der Waals surface area contributed by atoms with Crippen LogP contribution in [-0.2, 0) is 11.2 Å². The fourth-order valence-electron chi connectivity index (χ4n) is 6.19. The zero-order chi connectivity index (χ0) is 25.1. The van der Waals surface area contributed by atoms with E-state index in [-0.39, 0.29) is 17.2 Å². The van der Waals surface area contributed by atoms with E-state index in [9.17, 15) is 4.79 Å². The number of hydrogen-bond donors (Lipinski definition) is 2. The molecule has 2 N–H and O–H groups in total. The Bertz CT molecular complexity index is 1500. The van der Waals surface area contributed by atoms with E-state index in [4.69, 9.17) is 4.74 Å². The molecule has 4 aromatic rings. The highest BCUT2D eigenvalue weighted by Gasteiger charge is 2.61. The fourth-order valence-corrected chi connectivity index (χ4v) is 6.19. The average Bonchev–Trinajstić information content (AvgIpc) is 3.49. The third-order valence-corrected chi connectivity index (χ3v) is 8.59. The van der Waals surface area contributed by atoms with Crippen molar-refractivity contribution in [1.29, 1.82) is 0 Å². The van der Waals surface area contributed by atoms with Crippen LogP contribution in [0.15, 0.2) is 60.7 Å². The monoisotopic (exact) mass is 493 g/mol. The Morgan fingerprint density at radius 3 is 2.59 bits per heavy atom. The largest absolute Gasteiger partial charge is 0.497 e. The minimum absolute atomic E-state index is 0.126. The highest BCUT2D eigenvalue weighted by Crippen LogP contribution is 2.63. The molecule has 2 fully saturated rings. The predicted octanol–water partition coefficient (Wildman–Crippen LogP) is 4.66. The maximum Gasteiger partial charge on any atom is 0.231 e. The Morgan fingerprint density at radius 1 is 1.00 bits per heavy atom. The van der Waals surface area contributed by atoms with Gasteiger partial charge in [-0.3, -0.25) is 9.89 Å². The summed E-state index contributed by atoms with van der Waals surface area (Å²) in [6.07, 6.45) is 1.59. The lowest BCUT2D eigenvalue weighted by Crippen LogP contribution is -2.44. The van der Waals surface area contributed by atoms with Crippen LogP contribution in [0.2, 0.25) is 0 Å². The van der Waals surface area contributed by atoms with E-state index in [0.29, 0.717) is 0 Å². The number of piperazine rings is 1. The van der Waals surface area contributed by atoms with Gasteiger partial charge < -0.3 is 19.9 Å². The molecule has 1 saturated carbocycles. The van der Waals surface area contributed by atoms with E-state index in [1.807, 2.05) is 18.2 Å². The van der Waals surface area contributed by atoms with Gasteiger partial charge in [0.25, 0.3) is 0 Å². The summed E-state index contributed by atoms with van der Waals surface area (Å²) in [5.74, 6) is 1.15. The van der Waals surface area contributed by atoms with E-state index in [2.05, 4.69) is 74.8 Å². The lowest BCUT2D eigenvalue weighted by molar-refractivity contribution is -0.121. The molecule has 3 heterocycles. The first kappa shape index (κ1) is 22.4. The number of methoxy groups -OCH3 is 1. The molecule has 7 rings (SSSR count). The zero-order valence-corrected chi connectivity index (χ0v) is 21.3. The molecule has 0 bridgehead atoms. The van der Waals surface area contributed by atoms with E-state index < -0.39 is 0 Å². The molecule has 1 aromatic heterocycles. The van der Waals surface area contributed by atoms with Crippen molar-refractivity contribution >= 4 is 28.2 Å². The van der Waals surface area contributed by atoms with E-state index in [0.717, 1.165) is 78.2 Å². The molecule has 1 aliphatic carbocycles. The fraction of sp³-hybridized carbons (Fsp3) is 0.333. The molecule has 7 heteroatoms. The molecule has 1 amide bonds. The van der Waals surface area contributed by atoms with Gasteiger partial charge in [0.2, 0.25) is 5.91 Å². The Balaban J connectivity index is 1.13. The third-order valence-electron chi connectivity index (χ3n) is 8.59. The summed E-state index contributed by atoms with van der Waals surface area (Å²) >= 11 is 0. The smallest absolute Gasteiger partial charge is 0.231 e. The van der Waals surface area contributed by atoms with Crippen molar-refractivity contribution in [3.05, 3.63) is 71.8 Å². The number of ether oxygens (including phenoxy) is 1. The number of nitrogens with one attached hydrogen (secondary N) is 2. The third kappa shape index (κ3) is 3.68. The summed E-state index contributed by atoms with van der Waals surface area (Å²) in [6.45, 7) is 4.31. The summed E-state index contributed by atoms with van der Waals surface area (Å²) in [7, 11) is 3.85. The second-order valence-electron chi connectivity index (χ2n) is 10.8. The lowest BCUT2D eigenvalue weighted by Gasteiger charge is -2.34. The molecule has 1 spiro atoms. The standard InChI is InChI=1S/C30H31N5O2/c1-34-11-13-35(14-12-34)22-6-3-19(4-7-22)28-24-9-5-20(16-27(24)32-33-28)25-18-30(25)17-21-15-23(37-2)8-10-26(21)31-29(30)36/h3-10,15-16,25H,11-14,17-18H2,1-2H3,(H,31,36)(H,32,33)/t25-,30+/m0/s1. The van der Waals surface area contributed by atoms with E-state index in [1.54, 1.807) is 7.11 Å². The van der Waals surface area contributed by atoms with Gasteiger partial charge in [0.15, 0.2) is 0 Å². The second-order valence-corrected chi connectivity index (χ2v) is 10.8. The average molecular weight is 494 g/mol. The zero-order valence-electron chi connectivity index (χ0n) is 21.3. The van der Waals surface area contributed by atoms with Crippen LogP contribution < -0.4 is 15.0 Å². The Kier molecular flexibility index (Phi) is 5.05. The van der Waals surface area contributed by atoms with Gasteiger partial charge in [0.05, 0.1) is 23.7 Å². The molecule has 37 heavy (non-hydrogen) atoms. The molecule has 1 saturated heterocycles. The maximum atomic E-state index is 13.1. The summed E-state index contributed by atoms with van der Waals surface area (Å²) in [5, 5.41) is 12.2. The molecule has 0 radical (unpaired) electrons. The highest BCUT2D eigenvalue weighted by atomic mass is 16.5. The van der Waals surface area contributed by atoms with Gasteiger partial charge in [-0.15, -0.1) is 0 Å². The van der Waals surface area contributed by atoms with Crippen LogP contribution in [0.3, 0.4) is 0 Å². The molecule has 0 unspecified atom stereocenters. The first-order valence-corrected chi connectivity index (χ1v) is 13.0. The van der Waals surface area contributed by atoms with Crippen molar-refractivity contribution in [1.82, 2.24) is 15.1 Å². The topological polar surface area (TPSA) is 73.5 Å². The number of hydrogen-bond acceptors (Lipinski definition) is 5. The number of likely N-dealkylation sites (N-methyl/N-ethyl adjacent to an activating group) is 1. The number of benzene rings is 3. The molecule has 188 valence electrons. The van der Waals surface area contributed by atoms with Gasteiger partial charge in [-0.25, -0.2) is 0 Å². The molecule has 3 aromatic carbocycles. The number of amides is 1. The van der Waals surface area contributed by atoms with Gasteiger partial charge in [0, 0.05) is 48.5 Å². The maximum absolute atomic E-state index is 13.1. The van der Waals surface area contributed by atoms with Gasteiger partial charge in [0.1, 0.15) is 5.75 Å². The van der Waals surface area contributed by atoms with Crippen LogP contribution in [0, 0.1) is 5.41 Å². The minimum atomic E-state index is -0.380. The molecule has 2 atom stereocenters. The highest BCUT2D eigenvalue weighted by molar-refractivity contribution is 6.02. The Labute approximate surface area is 216 Å². The number of aromatic nitrogens is 2. The van der Waals surface area contributed by atoms with Crippen molar-refractivity contribution in [2.24, 2.45) is 5.41 Å². The number of H-pyrrole nitrogens is 1. The van der Waals surface area contributed by atoms with Crippen LogP contribution in [0.4, 0.5) is 11.4 Å². The first-order valence-electron chi connectivity index (χ1n) is 13.0. The molecule has 3 aliphatic rings. The van der Waals surface area contributed by atoms with Gasteiger partial charge in [-0.05, 0) is 73.3 Å². The summed E-state index contributed by atoms with van der Waals surface area (Å²) < 4.78 is 5.41. The summed E-state index contributed by atoms with van der Waals surface area (Å²) in [4.78, 5) is 17.9. The Hall–Kier alpha value is -3.84. The van der Waals surface area contributed by atoms with E-state index >= 15 is 0 Å². The number of rotatable bonds is 4. The number of nitrogens with zero attached hydrogens (tertiary/aromatic N) is 3. The SMILES string of the molecule is COc1ccc2c(c1)C[C@]1(C[C@H]1c1ccc3c(-c4ccc(N5CCN(C)CC5)cc4)n[nH]c3c1)C(=O)N2. The van der Waals surface area contributed by atoms with Crippen molar-refractivity contribution in [2.75, 3.05) is 50.6 Å². The van der Waals surface area contributed by atoms with Crippen LogP contribution in [0.25, 0.3) is 22.2 Å². The van der Waals surface area contributed by atoms with Gasteiger partial charge >= 0.3 is 0 Å². The molecular formula is C30H31N5O2. The van der Waals surface area contributed by atoms with Crippen molar-refractivity contribution in [3.8, 4) is 17.0 Å². The minimum Gasteiger partial charge on any atom is -0.497 e. The van der Waals surface area contributed by atoms with Crippen molar-refractivity contribution in [3.63, 3.8) is 0 Å². The summed E-state index contributed by atoms with van der Waals surface area (Å²) in [5.41, 5.74) is 7.20. The van der Waals surface area contributed by atoms with E-state index in [1.165, 1.54) is 11.3 Å². The van der Waals surface area contributed by atoms with Crippen LogP contribution in [0.5, 0.6) is 5.75 Å². The van der Waals surface area contributed by atoms with Gasteiger partial charge in [-0.2, -0.15) is 5.10 Å². The van der Waals surface area contributed by atoms with Crippen LogP contribution >= 0.6 is 0 Å².